The topological polar surface area (TPSA) is 55.1 Å². The Hall–Kier alpha value is -0.730. The fraction of sp³-hybridized carbons (Fsp3) is 0.938. The maximum Gasteiger partial charge on any atom is 0.312 e. The van der Waals surface area contributed by atoms with Crippen LogP contribution in [0.15, 0.2) is 0 Å². The van der Waals surface area contributed by atoms with E-state index < -0.39 is 6.03 Å². The summed E-state index contributed by atoms with van der Waals surface area (Å²) in [6, 6.07) is -0.405. The van der Waals surface area contributed by atoms with Crippen molar-refractivity contribution in [1.29, 1.82) is 0 Å². The predicted molar refractivity (Wildman–Crippen MR) is 83.2 cm³/mol. The minimum atomic E-state index is -0.405. The number of primary amides is 1. The van der Waals surface area contributed by atoms with Gasteiger partial charge in [-0.1, -0.05) is 78.1 Å². The van der Waals surface area contributed by atoms with Gasteiger partial charge < -0.3 is 11.1 Å². The van der Waals surface area contributed by atoms with Gasteiger partial charge >= 0.3 is 6.03 Å². The number of rotatable bonds is 13. The number of nitrogens with one attached hydrogen (secondary N) is 1. The molecular formula is C16H34N2O. The number of unbranched alkanes of at least 4 members (excludes halogenated alkanes) is 9. The smallest absolute Gasteiger partial charge is 0.312 e. The molecule has 19 heavy (non-hydrogen) atoms. The van der Waals surface area contributed by atoms with E-state index in [4.69, 9.17) is 5.73 Å². The molecule has 2 amide bonds. The van der Waals surface area contributed by atoms with Gasteiger partial charge in [0.25, 0.3) is 0 Å². The van der Waals surface area contributed by atoms with Gasteiger partial charge in [-0.3, -0.25) is 0 Å². The first-order valence-electron chi connectivity index (χ1n) is 8.16. The molecule has 0 bridgehead atoms. The minimum Gasteiger partial charge on any atom is -0.352 e. The average molecular weight is 270 g/mol. The molecule has 3 nitrogen and oxygen atoms in total. The highest BCUT2D eigenvalue weighted by Crippen LogP contribution is 2.13. The number of hydrogen-bond donors (Lipinski definition) is 2. The van der Waals surface area contributed by atoms with Crippen LogP contribution in [0.25, 0.3) is 0 Å². The Labute approximate surface area is 119 Å². The third-order valence-corrected chi connectivity index (χ3v) is 3.51. The quantitative estimate of drug-likeness (QED) is 0.472. The molecule has 0 aliphatic rings. The Kier molecular flexibility index (Phi) is 13.2. The summed E-state index contributed by atoms with van der Waals surface area (Å²) in [5.41, 5.74) is 4.99. The van der Waals surface area contributed by atoms with E-state index in [0.29, 0.717) is 0 Å². The summed E-state index contributed by atoms with van der Waals surface area (Å²) in [5, 5.41) is 2.62. The highest BCUT2D eigenvalue weighted by atomic mass is 16.2. The van der Waals surface area contributed by atoms with Gasteiger partial charge in [-0.2, -0.15) is 0 Å². The van der Waals surface area contributed by atoms with Crippen molar-refractivity contribution in [2.75, 3.05) is 6.54 Å². The van der Waals surface area contributed by atoms with Crippen LogP contribution in [0.1, 0.15) is 84.5 Å². The normalized spacial score (nSPS) is 10.9. The number of carbonyl (C=O) groups excluding carboxylic acids is 1. The largest absolute Gasteiger partial charge is 0.352 e. The van der Waals surface area contributed by atoms with Crippen LogP contribution in [0, 0.1) is 5.92 Å². The van der Waals surface area contributed by atoms with Crippen molar-refractivity contribution in [3.05, 3.63) is 0 Å². The maximum atomic E-state index is 10.4. The molecular weight excluding hydrogens is 236 g/mol. The van der Waals surface area contributed by atoms with Crippen LogP contribution in [0.3, 0.4) is 0 Å². The predicted octanol–water partition coefficient (Wildman–Crippen LogP) is 4.60. The van der Waals surface area contributed by atoms with Crippen LogP contribution in [-0.2, 0) is 0 Å². The monoisotopic (exact) mass is 270 g/mol. The first-order chi connectivity index (χ1) is 9.13. The van der Waals surface area contributed by atoms with Crippen molar-refractivity contribution < 1.29 is 4.79 Å². The van der Waals surface area contributed by atoms with Crippen LogP contribution in [0.2, 0.25) is 0 Å². The highest BCUT2D eigenvalue weighted by molar-refractivity contribution is 5.71. The summed E-state index contributed by atoms with van der Waals surface area (Å²) in [4.78, 5) is 10.4. The summed E-state index contributed by atoms with van der Waals surface area (Å²) in [6.45, 7) is 5.34. The Morgan fingerprint density at radius 3 is 1.68 bits per heavy atom. The molecule has 0 aromatic heterocycles. The Morgan fingerprint density at radius 1 is 0.842 bits per heavy atom. The van der Waals surface area contributed by atoms with Crippen molar-refractivity contribution in [2.24, 2.45) is 11.7 Å². The van der Waals surface area contributed by atoms with E-state index in [9.17, 15) is 4.79 Å². The molecule has 3 heteroatoms. The number of nitrogens with two attached hydrogens (primary N) is 1. The number of hydrogen-bond acceptors (Lipinski definition) is 1. The zero-order valence-corrected chi connectivity index (χ0v) is 13.0. The molecule has 0 saturated carbocycles. The zero-order chi connectivity index (χ0) is 14.3. The van der Waals surface area contributed by atoms with Crippen LogP contribution < -0.4 is 11.1 Å². The van der Waals surface area contributed by atoms with Gasteiger partial charge in [0, 0.05) is 6.54 Å². The van der Waals surface area contributed by atoms with Gasteiger partial charge in [0.05, 0.1) is 0 Å². The Bertz CT molecular complexity index is 205. The highest BCUT2D eigenvalue weighted by Gasteiger charge is 1.96. The van der Waals surface area contributed by atoms with Gasteiger partial charge in [0.2, 0.25) is 0 Å². The fourth-order valence-electron chi connectivity index (χ4n) is 2.30. The van der Waals surface area contributed by atoms with Crippen LogP contribution in [0.5, 0.6) is 0 Å². The van der Waals surface area contributed by atoms with Gasteiger partial charge in [-0.25, -0.2) is 4.79 Å². The number of amides is 2. The van der Waals surface area contributed by atoms with E-state index in [2.05, 4.69) is 19.2 Å². The molecule has 0 spiro atoms. The third-order valence-electron chi connectivity index (χ3n) is 3.51. The van der Waals surface area contributed by atoms with Crippen molar-refractivity contribution in [3.8, 4) is 0 Å². The van der Waals surface area contributed by atoms with E-state index >= 15 is 0 Å². The second-order valence-electron chi connectivity index (χ2n) is 6.01. The second kappa shape index (κ2) is 13.7. The minimum absolute atomic E-state index is 0.405. The molecule has 0 saturated heterocycles. The molecule has 3 N–H and O–H groups in total. The van der Waals surface area contributed by atoms with Gasteiger partial charge in [0.15, 0.2) is 0 Å². The summed E-state index contributed by atoms with van der Waals surface area (Å²) >= 11 is 0. The molecule has 0 rings (SSSR count). The Morgan fingerprint density at radius 2 is 1.26 bits per heavy atom. The lowest BCUT2D eigenvalue weighted by Crippen LogP contribution is -2.29. The second-order valence-corrected chi connectivity index (χ2v) is 6.01. The molecule has 0 fully saturated rings. The third kappa shape index (κ3) is 17.3. The molecule has 114 valence electrons. The molecule has 0 atom stereocenters. The van der Waals surface area contributed by atoms with Crippen molar-refractivity contribution in [1.82, 2.24) is 5.32 Å². The van der Waals surface area contributed by atoms with Crippen molar-refractivity contribution in [3.63, 3.8) is 0 Å². The van der Waals surface area contributed by atoms with E-state index in [1.165, 1.54) is 64.2 Å². The lowest BCUT2D eigenvalue weighted by atomic mass is 10.0. The van der Waals surface area contributed by atoms with E-state index in [1.807, 2.05) is 0 Å². The van der Waals surface area contributed by atoms with Crippen LogP contribution in [-0.4, -0.2) is 12.6 Å². The lowest BCUT2D eigenvalue weighted by molar-refractivity contribution is 0.248. The molecule has 0 aliphatic carbocycles. The molecule has 0 aliphatic heterocycles. The first kappa shape index (κ1) is 18.3. The zero-order valence-electron chi connectivity index (χ0n) is 13.0. The number of carbonyl (C=O) groups is 1. The van der Waals surface area contributed by atoms with Crippen molar-refractivity contribution in [2.45, 2.75) is 84.5 Å². The molecule has 0 aromatic rings. The summed E-state index contributed by atoms with van der Waals surface area (Å²) < 4.78 is 0. The van der Waals surface area contributed by atoms with E-state index in [1.54, 1.807) is 0 Å². The van der Waals surface area contributed by atoms with E-state index in [0.717, 1.165) is 18.9 Å². The summed E-state index contributed by atoms with van der Waals surface area (Å²) in [6.07, 6.45) is 14.7. The fourth-order valence-corrected chi connectivity index (χ4v) is 2.30. The number of urea groups is 1. The maximum absolute atomic E-state index is 10.4. The summed E-state index contributed by atoms with van der Waals surface area (Å²) in [7, 11) is 0. The first-order valence-corrected chi connectivity index (χ1v) is 8.16. The molecule has 0 unspecified atom stereocenters. The lowest BCUT2D eigenvalue weighted by Gasteiger charge is -2.05. The van der Waals surface area contributed by atoms with Gasteiger partial charge in [-0.05, 0) is 12.3 Å². The standard InChI is InChI=1S/C16H34N2O/c1-15(2)13-11-9-7-5-3-4-6-8-10-12-14-18-16(17)19/h15H,3-14H2,1-2H3,(H3,17,18,19). The molecule has 0 heterocycles. The average Bonchev–Trinajstić information content (AvgIpc) is 2.34. The van der Waals surface area contributed by atoms with Crippen LogP contribution in [0.4, 0.5) is 4.79 Å². The Balaban J connectivity index is 2.97. The van der Waals surface area contributed by atoms with Crippen molar-refractivity contribution >= 4 is 6.03 Å². The van der Waals surface area contributed by atoms with Crippen LogP contribution >= 0.6 is 0 Å². The van der Waals surface area contributed by atoms with Gasteiger partial charge in [-0.15, -0.1) is 0 Å². The SMILES string of the molecule is CC(C)CCCCCCCCCCCCNC(N)=O. The molecule has 0 radical (unpaired) electrons. The van der Waals surface area contributed by atoms with Gasteiger partial charge in [0.1, 0.15) is 0 Å². The molecule has 0 aromatic carbocycles. The summed E-state index contributed by atoms with van der Waals surface area (Å²) in [5.74, 6) is 0.865. The van der Waals surface area contributed by atoms with E-state index in [-0.39, 0.29) is 0 Å².